The number of aromatic nitrogens is 1. The third kappa shape index (κ3) is 9.61. The maximum absolute atomic E-state index is 5.92. The van der Waals surface area contributed by atoms with Gasteiger partial charge < -0.3 is 20.1 Å². The Balaban J connectivity index is 0.00000450. The highest BCUT2D eigenvalue weighted by atomic mass is 127. The molecular weight excluding hydrogens is 511 g/mol. The van der Waals surface area contributed by atoms with Gasteiger partial charge in [-0.15, -0.1) is 35.3 Å². The highest BCUT2D eigenvalue weighted by Gasteiger charge is 2.06. The first-order chi connectivity index (χ1) is 14.2. The van der Waals surface area contributed by atoms with Gasteiger partial charge in [0.25, 0.3) is 0 Å². The summed E-state index contributed by atoms with van der Waals surface area (Å²) in [6, 6.07) is 6.24. The molecule has 0 bridgehead atoms. The molecule has 1 aromatic carbocycles. The Morgan fingerprint density at radius 2 is 2.00 bits per heavy atom. The molecule has 30 heavy (non-hydrogen) atoms. The molecule has 0 fully saturated rings. The molecule has 0 saturated carbocycles. The van der Waals surface area contributed by atoms with Crippen LogP contribution in [0.2, 0.25) is 0 Å². The van der Waals surface area contributed by atoms with Crippen molar-refractivity contribution in [3.63, 3.8) is 0 Å². The standard InChI is InChI=1S/C22H34N4O2S.HI/c1-5-19-16-25-21(29-19)10-11-24-22(23-6-2)26-15-18-9-8-17(4)14-20(18)28-13-12-27-7-3;/h8-9,14,16H,5-7,10-13,15H2,1-4H3,(H2,23,24,26);1H. The predicted octanol–water partition coefficient (Wildman–Crippen LogP) is 4.35. The van der Waals surface area contributed by atoms with Crippen LogP contribution in [0, 0.1) is 6.92 Å². The van der Waals surface area contributed by atoms with Crippen LogP contribution in [0.25, 0.3) is 0 Å². The van der Waals surface area contributed by atoms with Crippen LogP contribution in [0.1, 0.15) is 41.8 Å². The third-order valence-electron chi connectivity index (χ3n) is 4.24. The average Bonchev–Trinajstić information content (AvgIpc) is 3.18. The fourth-order valence-corrected chi connectivity index (χ4v) is 3.56. The van der Waals surface area contributed by atoms with Gasteiger partial charge in [-0.25, -0.2) is 9.98 Å². The van der Waals surface area contributed by atoms with E-state index in [0.717, 1.165) is 48.2 Å². The number of benzene rings is 1. The van der Waals surface area contributed by atoms with Crippen LogP contribution in [0.4, 0.5) is 0 Å². The highest BCUT2D eigenvalue weighted by molar-refractivity contribution is 14.0. The molecule has 0 radical (unpaired) electrons. The monoisotopic (exact) mass is 546 g/mol. The number of guanidine groups is 1. The zero-order chi connectivity index (χ0) is 20.9. The van der Waals surface area contributed by atoms with Crippen molar-refractivity contribution in [1.29, 1.82) is 0 Å². The SMILES string of the molecule is CCNC(=NCc1ccc(C)cc1OCCOCC)NCCc1ncc(CC)s1.I. The van der Waals surface area contributed by atoms with E-state index >= 15 is 0 Å². The molecule has 0 unspecified atom stereocenters. The molecule has 1 aromatic heterocycles. The van der Waals surface area contributed by atoms with Gasteiger partial charge in [0.05, 0.1) is 18.2 Å². The lowest BCUT2D eigenvalue weighted by Crippen LogP contribution is -2.38. The van der Waals surface area contributed by atoms with Gasteiger partial charge in [0.15, 0.2) is 5.96 Å². The van der Waals surface area contributed by atoms with Gasteiger partial charge in [0.2, 0.25) is 0 Å². The first kappa shape index (κ1) is 26.6. The van der Waals surface area contributed by atoms with E-state index in [0.29, 0.717) is 26.4 Å². The van der Waals surface area contributed by atoms with E-state index in [4.69, 9.17) is 14.5 Å². The molecule has 2 N–H and O–H groups in total. The normalized spacial score (nSPS) is 11.1. The number of ether oxygens (including phenoxy) is 2. The van der Waals surface area contributed by atoms with Gasteiger partial charge in [-0.2, -0.15) is 0 Å². The number of hydrogen-bond acceptors (Lipinski definition) is 5. The second-order valence-electron chi connectivity index (χ2n) is 6.60. The number of thiazole rings is 1. The van der Waals surface area contributed by atoms with Crippen LogP contribution in [0.15, 0.2) is 29.4 Å². The predicted molar refractivity (Wildman–Crippen MR) is 137 cm³/mol. The Morgan fingerprint density at radius 3 is 2.70 bits per heavy atom. The number of nitrogens with one attached hydrogen (secondary N) is 2. The van der Waals surface area contributed by atoms with Crippen molar-refractivity contribution < 1.29 is 9.47 Å². The Labute approximate surface area is 201 Å². The summed E-state index contributed by atoms with van der Waals surface area (Å²) in [6.45, 7) is 12.3. The number of rotatable bonds is 12. The molecule has 0 atom stereocenters. The van der Waals surface area contributed by atoms with Gasteiger partial charge in [-0.1, -0.05) is 19.1 Å². The van der Waals surface area contributed by atoms with E-state index in [1.807, 2.05) is 13.1 Å². The maximum atomic E-state index is 5.92. The van der Waals surface area contributed by atoms with Crippen molar-refractivity contribution in [3.8, 4) is 5.75 Å². The molecule has 168 valence electrons. The highest BCUT2D eigenvalue weighted by Crippen LogP contribution is 2.21. The van der Waals surface area contributed by atoms with E-state index in [1.54, 1.807) is 11.3 Å². The lowest BCUT2D eigenvalue weighted by Gasteiger charge is -2.13. The van der Waals surface area contributed by atoms with Crippen molar-refractivity contribution >= 4 is 41.3 Å². The Hall–Kier alpha value is -1.39. The average molecular weight is 547 g/mol. The van der Waals surface area contributed by atoms with Crippen molar-refractivity contribution in [2.75, 3.05) is 32.9 Å². The quantitative estimate of drug-likeness (QED) is 0.180. The van der Waals surface area contributed by atoms with Crippen molar-refractivity contribution in [2.24, 2.45) is 4.99 Å². The van der Waals surface area contributed by atoms with E-state index in [2.05, 4.69) is 54.6 Å². The summed E-state index contributed by atoms with van der Waals surface area (Å²) in [6.07, 6.45) is 3.91. The summed E-state index contributed by atoms with van der Waals surface area (Å²) in [4.78, 5) is 10.5. The summed E-state index contributed by atoms with van der Waals surface area (Å²) in [5.74, 6) is 1.68. The van der Waals surface area contributed by atoms with Crippen molar-refractivity contribution in [3.05, 3.63) is 45.4 Å². The van der Waals surface area contributed by atoms with Gasteiger partial charge in [0.1, 0.15) is 12.4 Å². The summed E-state index contributed by atoms with van der Waals surface area (Å²) in [5, 5.41) is 7.87. The molecule has 2 aromatic rings. The Kier molecular flexibility index (Phi) is 13.7. The third-order valence-corrected chi connectivity index (χ3v) is 5.45. The summed E-state index contributed by atoms with van der Waals surface area (Å²) in [5.41, 5.74) is 2.24. The molecule has 6 nitrogen and oxygen atoms in total. The minimum atomic E-state index is 0. The lowest BCUT2D eigenvalue weighted by atomic mass is 10.1. The summed E-state index contributed by atoms with van der Waals surface area (Å²) < 4.78 is 11.3. The Bertz CT molecular complexity index is 767. The lowest BCUT2D eigenvalue weighted by molar-refractivity contribution is 0.110. The largest absolute Gasteiger partial charge is 0.491 e. The molecule has 1 heterocycles. The maximum Gasteiger partial charge on any atom is 0.191 e. The molecule has 0 spiro atoms. The second kappa shape index (κ2) is 15.4. The van der Waals surface area contributed by atoms with Gasteiger partial charge in [-0.3, -0.25) is 0 Å². The van der Waals surface area contributed by atoms with Crippen LogP contribution in [-0.4, -0.2) is 43.9 Å². The van der Waals surface area contributed by atoms with E-state index < -0.39 is 0 Å². The zero-order valence-electron chi connectivity index (χ0n) is 18.5. The first-order valence-corrected chi connectivity index (χ1v) is 11.2. The zero-order valence-corrected chi connectivity index (χ0v) is 21.6. The fourth-order valence-electron chi connectivity index (χ4n) is 2.70. The minimum absolute atomic E-state index is 0. The number of aryl methyl sites for hydroxylation is 2. The Morgan fingerprint density at radius 1 is 1.17 bits per heavy atom. The molecule has 2 rings (SSSR count). The van der Waals surface area contributed by atoms with E-state index in [9.17, 15) is 0 Å². The van der Waals surface area contributed by atoms with Crippen LogP contribution < -0.4 is 15.4 Å². The molecule has 0 amide bonds. The number of nitrogens with zero attached hydrogens (tertiary/aromatic N) is 2. The number of hydrogen-bond donors (Lipinski definition) is 2. The van der Waals surface area contributed by atoms with Gasteiger partial charge in [-0.05, 0) is 38.8 Å². The first-order valence-electron chi connectivity index (χ1n) is 10.4. The molecule has 0 aliphatic carbocycles. The summed E-state index contributed by atoms with van der Waals surface area (Å²) >= 11 is 1.78. The minimum Gasteiger partial charge on any atom is -0.491 e. The van der Waals surface area contributed by atoms with Crippen LogP contribution in [0.5, 0.6) is 5.75 Å². The molecular formula is C22H35IN4O2S. The number of aliphatic imine (C=N–C) groups is 1. The molecule has 8 heteroatoms. The van der Waals surface area contributed by atoms with Crippen LogP contribution >= 0.6 is 35.3 Å². The summed E-state index contributed by atoms with van der Waals surface area (Å²) in [7, 11) is 0. The fraction of sp³-hybridized carbons (Fsp3) is 0.545. The topological polar surface area (TPSA) is 67.8 Å². The number of halogens is 1. The van der Waals surface area contributed by atoms with Crippen molar-refractivity contribution in [2.45, 2.75) is 47.1 Å². The molecule has 0 aliphatic heterocycles. The molecule has 0 aliphatic rings. The van der Waals surface area contributed by atoms with Crippen LogP contribution in [0.3, 0.4) is 0 Å². The smallest absolute Gasteiger partial charge is 0.191 e. The second-order valence-corrected chi connectivity index (χ2v) is 7.80. The van der Waals surface area contributed by atoms with Crippen LogP contribution in [-0.2, 0) is 24.1 Å². The molecule has 0 saturated heterocycles. The van der Waals surface area contributed by atoms with Gasteiger partial charge >= 0.3 is 0 Å². The van der Waals surface area contributed by atoms with E-state index in [-0.39, 0.29) is 24.0 Å². The van der Waals surface area contributed by atoms with Crippen molar-refractivity contribution in [1.82, 2.24) is 15.6 Å². The van der Waals surface area contributed by atoms with E-state index in [1.165, 1.54) is 10.4 Å². The van der Waals surface area contributed by atoms with Gasteiger partial charge in [0, 0.05) is 42.8 Å².